The van der Waals surface area contributed by atoms with Crippen LogP contribution in [0.25, 0.3) is 0 Å². The molecule has 2 aromatic carbocycles. The molecular formula is C34H44N6O5S. The molecule has 1 aliphatic rings. The summed E-state index contributed by atoms with van der Waals surface area (Å²) in [6, 6.07) is 17.8. The van der Waals surface area contributed by atoms with Crippen LogP contribution in [0.5, 0.6) is 0 Å². The summed E-state index contributed by atoms with van der Waals surface area (Å²) in [6.07, 6.45) is 5.95. The first-order chi connectivity index (χ1) is 22.4. The summed E-state index contributed by atoms with van der Waals surface area (Å²) in [5.74, 6) is -0.515. The molecule has 0 bridgehead atoms. The van der Waals surface area contributed by atoms with Gasteiger partial charge in [0.25, 0.3) is 0 Å². The summed E-state index contributed by atoms with van der Waals surface area (Å²) in [7, 11) is 0. The summed E-state index contributed by atoms with van der Waals surface area (Å²) in [4.78, 5) is 57.8. The van der Waals surface area contributed by atoms with E-state index >= 15 is 0 Å². The number of alkyl carbamates (subject to hydrolysis) is 1. The Hall–Kier alpha value is -4.45. The van der Waals surface area contributed by atoms with Crippen molar-refractivity contribution < 1.29 is 23.9 Å². The Balaban J connectivity index is 1.46. The SMILES string of the molecule is CC(=O)NCC[C@H](NC(=O)N1CCCCC1)C(=O)N[C@H](CC[C@@H](NC(=O)OCc1cncs1)c1ccccc1)Cc1ccccc1. The van der Waals surface area contributed by atoms with E-state index in [1.165, 1.54) is 18.3 Å². The van der Waals surface area contributed by atoms with Gasteiger partial charge in [-0.3, -0.25) is 14.6 Å². The molecule has 4 N–H and O–H groups in total. The number of benzene rings is 2. The summed E-state index contributed by atoms with van der Waals surface area (Å²) >= 11 is 1.42. The van der Waals surface area contributed by atoms with Crippen LogP contribution in [0, 0.1) is 0 Å². The summed E-state index contributed by atoms with van der Waals surface area (Å²) in [6.45, 7) is 3.12. The van der Waals surface area contributed by atoms with Gasteiger partial charge in [0.15, 0.2) is 0 Å². The molecule has 1 saturated heterocycles. The highest BCUT2D eigenvalue weighted by atomic mass is 32.1. The van der Waals surface area contributed by atoms with E-state index in [-0.39, 0.29) is 49.5 Å². The number of nitrogens with zero attached hydrogens (tertiary/aromatic N) is 2. The second kappa shape index (κ2) is 18.5. The van der Waals surface area contributed by atoms with Crippen molar-refractivity contribution in [1.29, 1.82) is 0 Å². The number of ether oxygens (including phenoxy) is 1. The average molecular weight is 649 g/mol. The van der Waals surface area contributed by atoms with E-state index in [1.54, 1.807) is 16.6 Å². The fourth-order valence-electron chi connectivity index (χ4n) is 5.43. The lowest BCUT2D eigenvalue weighted by molar-refractivity contribution is -0.124. The fourth-order valence-corrected chi connectivity index (χ4v) is 5.94. The topological polar surface area (TPSA) is 142 Å². The molecule has 1 fully saturated rings. The third kappa shape index (κ3) is 11.8. The number of nitrogens with one attached hydrogen (secondary N) is 4. The number of amides is 5. The Kier molecular flexibility index (Phi) is 13.8. The van der Waals surface area contributed by atoms with Gasteiger partial charge >= 0.3 is 12.1 Å². The molecule has 3 atom stereocenters. The Morgan fingerprint density at radius 1 is 0.891 bits per heavy atom. The van der Waals surface area contributed by atoms with Crippen LogP contribution in [0.3, 0.4) is 0 Å². The monoisotopic (exact) mass is 648 g/mol. The lowest BCUT2D eigenvalue weighted by Gasteiger charge is -2.30. The average Bonchev–Trinajstić information content (AvgIpc) is 3.60. The lowest BCUT2D eigenvalue weighted by atomic mass is 9.95. The van der Waals surface area contributed by atoms with E-state index in [0.29, 0.717) is 32.4 Å². The molecule has 46 heavy (non-hydrogen) atoms. The number of hydrogen-bond acceptors (Lipinski definition) is 7. The standard InChI is InChI=1S/C34H44N6O5S/c1-25(41)36-18-17-31(38-33(43)40-19-9-4-10-20-40)32(42)37-28(21-26-11-5-2-6-12-26)15-16-30(27-13-7-3-8-14-27)39-34(44)45-23-29-22-35-24-46-29/h2-3,5-8,11-14,22,24,28,30-31H,4,9-10,15-21,23H2,1H3,(H,36,41)(H,37,42)(H,38,43)(H,39,44)/t28-,30-,31+/m1/s1. The van der Waals surface area contributed by atoms with Crippen LogP contribution < -0.4 is 21.3 Å². The number of urea groups is 1. The minimum absolute atomic E-state index is 0.133. The van der Waals surface area contributed by atoms with Crippen molar-refractivity contribution in [1.82, 2.24) is 31.2 Å². The van der Waals surface area contributed by atoms with Crippen molar-refractivity contribution in [2.45, 2.75) is 76.6 Å². The number of piperidine rings is 1. The summed E-state index contributed by atoms with van der Waals surface area (Å²) < 4.78 is 5.45. The van der Waals surface area contributed by atoms with Gasteiger partial charge in [-0.25, -0.2) is 9.59 Å². The smallest absolute Gasteiger partial charge is 0.407 e. The van der Waals surface area contributed by atoms with Gasteiger partial charge in [0, 0.05) is 38.8 Å². The molecule has 1 aliphatic heterocycles. The van der Waals surface area contributed by atoms with Crippen molar-refractivity contribution >= 4 is 35.3 Å². The number of aromatic nitrogens is 1. The third-order valence-electron chi connectivity index (χ3n) is 7.86. The molecule has 4 rings (SSSR count). The van der Waals surface area contributed by atoms with E-state index in [9.17, 15) is 19.2 Å². The lowest BCUT2D eigenvalue weighted by Crippen LogP contribution is -2.54. The Morgan fingerprint density at radius 2 is 1.61 bits per heavy atom. The number of hydrogen-bond donors (Lipinski definition) is 4. The van der Waals surface area contributed by atoms with Crippen LogP contribution in [0.2, 0.25) is 0 Å². The van der Waals surface area contributed by atoms with E-state index in [4.69, 9.17) is 4.74 Å². The fraction of sp³-hybridized carbons (Fsp3) is 0.441. The quantitative estimate of drug-likeness (QED) is 0.188. The highest BCUT2D eigenvalue weighted by Crippen LogP contribution is 2.21. The number of rotatable bonds is 15. The maximum absolute atomic E-state index is 13.8. The zero-order chi connectivity index (χ0) is 32.6. The molecule has 12 heteroatoms. The van der Waals surface area contributed by atoms with E-state index in [0.717, 1.165) is 35.3 Å². The van der Waals surface area contributed by atoms with Crippen molar-refractivity contribution in [2.24, 2.45) is 0 Å². The highest BCUT2D eigenvalue weighted by Gasteiger charge is 2.27. The normalized spacial score (nSPS) is 14.8. The van der Waals surface area contributed by atoms with E-state index < -0.39 is 12.1 Å². The molecule has 0 spiro atoms. The molecule has 246 valence electrons. The van der Waals surface area contributed by atoms with Crippen molar-refractivity contribution in [3.05, 3.63) is 88.4 Å². The molecular weight excluding hydrogens is 604 g/mol. The van der Waals surface area contributed by atoms with Gasteiger partial charge in [-0.2, -0.15) is 0 Å². The predicted octanol–water partition coefficient (Wildman–Crippen LogP) is 4.71. The van der Waals surface area contributed by atoms with Crippen LogP contribution in [-0.2, 0) is 27.4 Å². The minimum atomic E-state index is -0.829. The Bertz CT molecular complexity index is 1370. The Morgan fingerprint density at radius 3 is 2.28 bits per heavy atom. The third-order valence-corrected chi connectivity index (χ3v) is 8.62. The van der Waals surface area contributed by atoms with Crippen LogP contribution in [0.4, 0.5) is 9.59 Å². The van der Waals surface area contributed by atoms with Crippen LogP contribution in [0.15, 0.2) is 72.4 Å². The van der Waals surface area contributed by atoms with Crippen molar-refractivity contribution in [3.63, 3.8) is 0 Å². The minimum Gasteiger partial charge on any atom is -0.444 e. The second-order valence-corrected chi connectivity index (χ2v) is 12.4. The van der Waals surface area contributed by atoms with Gasteiger partial charge in [0.2, 0.25) is 11.8 Å². The van der Waals surface area contributed by atoms with Gasteiger partial charge in [-0.05, 0) is 56.1 Å². The van der Waals surface area contributed by atoms with Gasteiger partial charge in [0.05, 0.1) is 16.4 Å². The molecule has 3 aromatic rings. The first kappa shape index (κ1) is 34.4. The Labute approximate surface area is 274 Å². The number of thiazole rings is 1. The number of carbonyl (C=O) groups excluding carboxylic acids is 4. The highest BCUT2D eigenvalue weighted by molar-refractivity contribution is 7.09. The van der Waals surface area contributed by atoms with Gasteiger partial charge in [-0.1, -0.05) is 60.7 Å². The molecule has 0 unspecified atom stereocenters. The maximum atomic E-state index is 13.8. The van der Waals surface area contributed by atoms with E-state index in [2.05, 4.69) is 26.3 Å². The number of carbonyl (C=O) groups is 4. The zero-order valence-electron chi connectivity index (χ0n) is 26.3. The van der Waals surface area contributed by atoms with E-state index in [1.807, 2.05) is 60.7 Å². The van der Waals surface area contributed by atoms with Crippen LogP contribution in [-0.4, -0.2) is 65.5 Å². The number of likely N-dealkylation sites (tertiary alicyclic amines) is 1. The van der Waals surface area contributed by atoms with Crippen LogP contribution in [0.1, 0.15) is 67.5 Å². The molecule has 2 heterocycles. The van der Waals surface area contributed by atoms with Gasteiger partial charge in [0.1, 0.15) is 12.6 Å². The summed E-state index contributed by atoms with van der Waals surface area (Å²) in [5.41, 5.74) is 3.66. The van der Waals surface area contributed by atoms with Crippen LogP contribution >= 0.6 is 11.3 Å². The second-order valence-electron chi connectivity index (χ2n) is 11.4. The van der Waals surface area contributed by atoms with Crippen molar-refractivity contribution in [2.75, 3.05) is 19.6 Å². The first-order valence-corrected chi connectivity index (χ1v) is 16.7. The summed E-state index contributed by atoms with van der Waals surface area (Å²) in [5, 5.41) is 11.8. The molecule has 0 aliphatic carbocycles. The predicted molar refractivity (Wildman–Crippen MR) is 177 cm³/mol. The molecule has 1 aromatic heterocycles. The van der Waals surface area contributed by atoms with Gasteiger partial charge in [-0.15, -0.1) is 11.3 Å². The molecule has 5 amide bonds. The van der Waals surface area contributed by atoms with Crippen molar-refractivity contribution in [3.8, 4) is 0 Å². The maximum Gasteiger partial charge on any atom is 0.407 e. The first-order valence-electron chi connectivity index (χ1n) is 15.9. The van der Waals surface area contributed by atoms with Gasteiger partial charge < -0.3 is 30.9 Å². The zero-order valence-corrected chi connectivity index (χ0v) is 27.1. The largest absolute Gasteiger partial charge is 0.444 e. The molecule has 0 saturated carbocycles. The molecule has 11 nitrogen and oxygen atoms in total. The molecule has 0 radical (unpaired) electrons.